The third kappa shape index (κ3) is 4.88. The summed E-state index contributed by atoms with van der Waals surface area (Å²) in [6, 6.07) is 4.12. The Hall–Kier alpha value is -0.220. The Morgan fingerprint density at radius 1 is 1.14 bits per heavy atom. The van der Waals surface area contributed by atoms with Gasteiger partial charge in [0.1, 0.15) is 13.2 Å². The summed E-state index contributed by atoms with van der Waals surface area (Å²) < 4.78 is 12.4. The lowest BCUT2D eigenvalue weighted by Gasteiger charge is -2.26. The summed E-state index contributed by atoms with van der Waals surface area (Å²) in [5, 5.41) is 0. The van der Waals surface area contributed by atoms with Crippen LogP contribution in [0.2, 0.25) is 0 Å². The summed E-state index contributed by atoms with van der Waals surface area (Å²) in [5.74, 6) is 2.35. The van der Waals surface area contributed by atoms with Crippen LogP contribution in [-0.4, -0.2) is 13.2 Å². The van der Waals surface area contributed by atoms with Crippen molar-refractivity contribution in [1.82, 2.24) is 0 Å². The molecule has 118 valence electrons. The van der Waals surface area contributed by atoms with Crippen LogP contribution in [0.5, 0.6) is 11.5 Å². The van der Waals surface area contributed by atoms with Crippen molar-refractivity contribution < 1.29 is 9.47 Å². The van der Waals surface area contributed by atoms with Crippen LogP contribution in [0.4, 0.5) is 0 Å². The van der Waals surface area contributed by atoms with Crippen molar-refractivity contribution in [2.24, 2.45) is 11.3 Å². The van der Waals surface area contributed by atoms with E-state index >= 15 is 0 Å². The molecule has 1 aromatic carbocycles. The molecule has 2 rings (SSSR count). The van der Waals surface area contributed by atoms with E-state index in [0.717, 1.165) is 22.4 Å². The van der Waals surface area contributed by atoms with Gasteiger partial charge in [0.15, 0.2) is 11.5 Å². The molecule has 0 aromatic heterocycles. The Kier molecular flexibility index (Phi) is 5.64. The van der Waals surface area contributed by atoms with Gasteiger partial charge in [0.2, 0.25) is 0 Å². The SMILES string of the molecule is CC(CC(Br)c1cc2c(cc1Br)OCCO2)CC(C)(C)C. The first kappa shape index (κ1) is 17.1. The van der Waals surface area contributed by atoms with Gasteiger partial charge in [-0.3, -0.25) is 0 Å². The molecule has 0 bridgehead atoms. The van der Waals surface area contributed by atoms with Crippen LogP contribution in [0.1, 0.15) is 50.9 Å². The predicted molar refractivity (Wildman–Crippen MR) is 94.7 cm³/mol. The van der Waals surface area contributed by atoms with Gasteiger partial charge in [0, 0.05) is 9.30 Å². The standard InChI is InChI=1S/C17H24Br2O2/c1-11(10-17(2,3)4)7-13(18)12-8-15-16(9-14(12)19)21-6-5-20-15/h8-9,11,13H,5-7,10H2,1-4H3. The Labute approximate surface area is 144 Å². The molecule has 2 nitrogen and oxygen atoms in total. The molecule has 2 atom stereocenters. The van der Waals surface area contributed by atoms with Crippen LogP contribution < -0.4 is 9.47 Å². The molecular weight excluding hydrogens is 396 g/mol. The van der Waals surface area contributed by atoms with Crippen molar-refractivity contribution >= 4 is 31.9 Å². The van der Waals surface area contributed by atoms with E-state index < -0.39 is 0 Å². The minimum Gasteiger partial charge on any atom is -0.486 e. The molecule has 0 amide bonds. The lowest BCUT2D eigenvalue weighted by Crippen LogP contribution is -2.16. The van der Waals surface area contributed by atoms with Crippen LogP contribution in [0, 0.1) is 11.3 Å². The Morgan fingerprint density at radius 2 is 1.71 bits per heavy atom. The summed E-state index contributed by atoms with van der Waals surface area (Å²) in [6.07, 6.45) is 2.33. The van der Waals surface area contributed by atoms with E-state index in [0.29, 0.717) is 29.4 Å². The molecule has 0 aliphatic carbocycles. The zero-order valence-electron chi connectivity index (χ0n) is 13.2. The van der Waals surface area contributed by atoms with Crippen molar-refractivity contribution in [1.29, 1.82) is 0 Å². The molecule has 0 fully saturated rings. The summed E-state index contributed by atoms with van der Waals surface area (Å²) in [6.45, 7) is 10.5. The van der Waals surface area contributed by atoms with Gasteiger partial charge in [0.25, 0.3) is 0 Å². The lowest BCUT2D eigenvalue weighted by molar-refractivity contribution is 0.171. The van der Waals surface area contributed by atoms with E-state index in [-0.39, 0.29) is 0 Å². The first-order valence-electron chi connectivity index (χ1n) is 7.49. The lowest BCUT2D eigenvalue weighted by atomic mass is 9.83. The van der Waals surface area contributed by atoms with E-state index in [4.69, 9.17) is 9.47 Å². The van der Waals surface area contributed by atoms with Crippen LogP contribution in [-0.2, 0) is 0 Å². The largest absolute Gasteiger partial charge is 0.486 e. The fraction of sp³-hybridized carbons (Fsp3) is 0.647. The van der Waals surface area contributed by atoms with Gasteiger partial charge in [-0.25, -0.2) is 0 Å². The molecule has 1 aliphatic heterocycles. The first-order chi connectivity index (χ1) is 9.76. The molecule has 1 aromatic rings. The third-order valence-corrected chi connectivity index (χ3v) is 5.12. The molecule has 0 radical (unpaired) electrons. The smallest absolute Gasteiger partial charge is 0.162 e. The number of alkyl halides is 1. The van der Waals surface area contributed by atoms with Crippen molar-refractivity contribution in [2.75, 3.05) is 13.2 Å². The maximum atomic E-state index is 5.69. The molecule has 0 saturated carbocycles. The molecule has 1 aliphatic rings. The number of fused-ring (bicyclic) bond motifs is 1. The molecule has 0 saturated heterocycles. The minimum atomic E-state index is 0.319. The van der Waals surface area contributed by atoms with Gasteiger partial charge >= 0.3 is 0 Å². The minimum absolute atomic E-state index is 0.319. The highest BCUT2D eigenvalue weighted by Crippen LogP contribution is 2.43. The highest BCUT2D eigenvalue weighted by molar-refractivity contribution is 9.11. The van der Waals surface area contributed by atoms with Crippen LogP contribution in [0.3, 0.4) is 0 Å². The van der Waals surface area contributed by atoms with Crippen molar-refractivity contribution in [3.05, 3.63) is 22.2 Å². The monoisotopic (exact) mass is 418 g/mol. The molecule has 4 heteroatoms. The summed E-state index contributed by atoms with van der Waals surface area (Å²) in [5.41, 5.74) is 1.61. The Bertz CT molecular complexity index is 494. The highest BCUT2D eigenvalue weighted by atomic mass is 79.9. The summed E-state index contributed by atoms with van der Waals surface area (Å²) in [4.78, 5) is 0.319. The second kappa shape index (κ2) is 6.91. The average molecular weight is 420 g/mol. The van der Waals surface area contributed by atoms with Gasteiger partial charge in [-0.2, -0.15) is 0 Å². The Morgan fingerprint density at radius 3 is 2.29 bits per heavy atom. The number of hydrogen-bond acceptors (Lipinski definition) is 2. The van der Waals surface area contributed by atoms with Crippen LogP contribution in [0.15, 0.2) is 16.6 Å². The van der Waals surface area contributed by atoms with E-state index in [2.05, 4.69) is 65.6 Å². The molecule has 2 unspecified atom stereocenters. The quantitative estimate of drug-likeness (QED) is 0.547. The number of ether oxygens (including phenoxy) is 2. The number of hydrogen-bond donors (Lipinski definition) is 0. The molecular formula is C17H24Br2O2. The molecule has 21 heavy (non-hydrogen) atoms. The zero-order valence-corrected chi connectivity index (χ0v) is 16.4. The normalized spacial score (nSPS) is 17.4. The van der Waals surface area contributed by atoms with Crippen molar-refractivity contribution in [2.45, 2.75) is 45.4 Å². The summed E-state index contributed by atoms with van der Waals surface area (Å²) in [7, 11) is 0. The van der Waals surface area contributed by atoms with Gasteiger partial charge < -0.3 is 9.47 Å². The second-order valence-corrected chi connectivity index (χ2v) is 9.05. The van der Waals surface area contributed by atoms with Crippen molar-refractivity contribution in [3.8, 4) is 11.5 Å². The van der Waals surface area contributed by atoms with Crippen LogP contribution >= 0.6 is 31.9 Å². The molecule has 0 spiro atoms. The predicted octanol–water partition coefficient (Wildman–Crippen LogP) is 6.12. The molecule has 1 heterocycles. The number of halogens is 2. The molecule has 0 N–H and O–H groups in total. The van der Waals surface area contributed by atoms with E-state index in [1.54, 1.807) is 0 Å². The number of rotatable bonds is 4. The Balaban J connectivity index is 2.10. The maximum absolute atomic E-state index is 5.69. The fourth-order valence-electron chi connectivity index (χ4n) is 2.93. The fourth-order valence-corrected chi connectivity index (χ4v) is 4.85. The summed E-state index contributed by atoms with van der Waals surface area (Å²) >= 11 is 7.51. The van der Waals surface area contributed by atoms with E-state index in [1.165, 1.54) is 12.0 Å². The van der Waals surface area contributed by atoms with Crippen LogP contribution in [0.25, 0.3) is 0 Å². The van der Waals surface area contributed by atoms with E-state index in [1.807, 2.05) is 6.07 Å². The van der Waals surface area contributed by atoms with E-state index in [9.17, 15) is 0 Å². The first-order valence-corrected chi connectivity index (χ1v) is 9.20. The highest BCUT2D eigenvalue weighted by Gasteiger charge is 2.22. The number of benzene rings is 1. The van der Waals surface area contributed by atoms with Crippen molar-refractivity contribution in [3.63, 3.8) is 0 Å². The second-order valence-electron chi connectivity index (χ2n) is 7.09. The average Bonchev–Trinajstić information content (AvgIpc) is 2.35. The van der Waals surface area contributed by atoms with Gasteiger partial charge in [-0.05, 0) is 41.9 Å². The van der Waals surface area contributed by atoms with Gasteiger partial charge in [-0.15, -0.1) is 0 Å². The topological polar surface area (TPSA) is 18.5 Å². The third-order valence-electron chi connectivity index (χ3n) is 3.57. The van der Waals surface area contributed by atoms with Gasteiger partial charge in [-0.1, -0.05) is 59.6 Å². The van der Waals surface area contributed by atoms with Gasteiger partial charge in [0.05, 0.1) is 0 Å². The zero-order chi connectivity index (χ0) is 15.6. The maximum Gasteiger partial charge on any atom is 0.162 e.